The normalized spacial score (nSPS) is 14.8. The maximum Gasteiger partial charge on any atom is 0.123 e. The molecule has 1 saturated carbocycles. The molecular weight excluding hydrogens is 248 g/mol. The Hall–Kier alpha value is -1.06. The van der Waals surface area contributed by atoms with Crippen LogP contribution in [0, 0.1) is 0 Å². The van der Waals surface area contributed by atoms with Crippen molar-refractivity contribution < 1.29 is 4.74 Å². The summed E-state index contributed by atoms with van der Waals surface area (Å²) in [6.45, 7) is 8.63. The molecule has 0 aromatic heterocycles. The first-order valence-corrected chi connectivity index (χ1v) is 7.88. The van der Waals surface area contributed by atoms with Crippen LogP contribution in [0.25, 0.3) is 0 Å². The highest BCUT2D eigenvalue weighted by atomic mass is 16.5. The molecule has 0 amide bonds. The Kier molecular flexibility index (Phi) is 5.86. The van der Waals surface area contributed by atoms with E-state index >= 15 is 0 Å². The van der Waals surface area contributed by atoms with Crippen LogP contribution in [-0.4, -0.2) is 31.1 Å². The Bertz CT molecular complexity index is 415. The number of benzene rings is 1. The summed E-state index contributed by atoms with van der Waals surface area (Å²) in [5, 5.41) is 3.58. The van der Waals surface area contributed by atoms with Crippen molar-refractivity contribution in [2.75, 3.05) is 20.2 Å². The van der Waals surface area contributed by atoms with Gasteiger partial charge in [-0.25, -0.2) is 0 Å². The molecule has 112 valence electrons. The van der Waals surface area contributed by atoms with Gasteiger partial charge < -0.3 is 10.1 Å². The number of hydrogen-bond donors (Lipinski definition) is 1. The molecule has 2 rings (SSSR count). The average molecular weight is 276 g/mol. The van der Waals surface area contributed by atoms with Crippen molar-refractivity contribution >= 4 is 0 Å². The molecule has 0 radical (unpaired) electrons. The third-order valence-corrected chi connectivity index (χ3v) is 3.90. The van der Waals surface area contributed by atoms with Gasteiger partial charge in [0.1, 0.15) is 5.75 Å². The summed E-state index contributed by atoms with van der Waals surface area (Å²) in [7, 11) is 1.76. The Morgan fingerprint density at radius 2 is 2.10 bits per heavy atom. The fraction of sp³-hybridized carbons (Fsp3) is 0.647. The molecule has 0 saturated heterocycles. The highest BCUT2D eigenvalue weighted by molar-refractivity contribution is 5.37. The van der Waals surface area contributed by atoms with E-state index in [4.69, 9.17) is 4.74 Å². The molecule has 1 fully saturated rings. The Morgan fingerprint density at radius 1 is 1.30 bits per heavy atom. The van der Waals surface area contributed by atoms with Crippen LogP contribution < -0.4 is 10.1 Å². The molecule has 3 nitrogen and oxygen atoms in total. The summed E-state index contributed by atoms with van der Waals surface area (Å²) in [4.78, 5) is 2.47. The quantitative estimate of drug-likeness (QED) is 0.749. The third kappa shape index (κ3) is 4.50. The molecule has 0 unspecified atom stereocenters. The molecule has 1 aliphatic carbocycles. The van der Waals surface area contributed by atoms with Gasteiger partial charge in [-0.1, -0.05) is 19.9 Å². The number of nitrogens with zero attached hydrogens (tertiary/aromatic N) is 1. The predicted octanol–water partition coefficient (Wildman–Crippen LogP) is 3.18. The smallest absolute Gasteiger partial charge is 0.123 e. The molecule has 0 spiro atoms. The largest absolute Gasteiger partial charge is 0.496 e. The number of methoxy groups -OCH3 is 1. The van der Waals surface area contributed by atoms with E-state index in [1.807, 2.05) is 0 Å². The van der Waals surface area contributed by atoms with Gasteiger partial charge in [0, 0.05) is 24.7 Å². The van der Waals surface area contributed by atoms with E-state index in [9.17, 15) is 0 Å². The molecule has 1 aliphatic rings. The SMILES string of the molecule is CCCN(CC)Cc1cc(CNC2CC2)ccc1OC. The van der Waals surface area contributed by atoms with Gasteiger partial charge in [-0.05, 0) is 50.0 Å². The minimum absolute atomic E-state index is 0.757. The van der Waals surface area contributed by atoms with E-state index in [0.717, 1.165) is 38.0 Å². The molecule has 20 heavy (non-hydrogen) atoms. The Labute approximate surface area is 123 Å². The van der Waals surface area contributed by atoms with Gasteiger partial charge in [0.25, 0.3) is 0 Å². The zero-order valence-electron chi connectivity index (χ0n) is 13.1. The van der Waals surface area contributed by atoms with E-state index < -0.39 is 0 Å². The molecule has 1 aromatic rings. The topological polar surface area (TPSA) is 24.5 Å². The van der Waals surface area contributed by atoms with Gasteiger partial charge >= 0.3 is 0 Å². The highest BCUT2D eigenvalue weighted by Gasteiger charge is 2.20. The lowest BCUT2D eigenvalue weighted by molar-refractivity contribution is 0.275. The summed E-state index contributed by atoms with van der Waals surface area (Å²) in [6, 6.07) is 7.34. The first-order valence-electron chi connectivity index (χ1n) is 7.88. The molecule has 0 aliphatic heterocycles. The molecule has 1 N–H and O–H groups in total. The van der Waals surface area contributed by atoms with Crippen LogP contribution in [0.2, 0.25) is 0 Å². The van der Waals surface area contributed by atoms with Crippen LogP contribution in [0.3, 0.4) is 0 Å². The number of nitrogens with one attached hydrogen (secondary N) is 1. The van der Waals surface area contributed by atoms with Crippen molar-refractivity contribution in [3.8, 4) is 5.75 Å². The monoisotopic (exact) mass is 276 g/mol. The zero-order chi connectivity index (χ0) is 14.4. The van der Waals surface area contributed by atoms with Crippen molar-refractivity contribution in [1.82, 2.24) is 10.2 Å². The predicted molar refractivity (Wildman–Crippen MR) is 84.1 cm³/mol. The minimum Gasteiger partial charge on any atom is -0.496 e. The van der Waals surface area contributed by atoms with Crippen molar-refractivity contribution in [2.24, 2.45) is 0 Å². The highest BCUT2D eigenvalue weighted by Crippen LogP contribution is 2.23. The van der Waals surface area contributed by atoms with Crippen molar-refractivity contribution in [2.45, 2.75) is 52.2 Å². The van der Waals surface area contributed by atoms with Crippen LogP contribution in [0.4, 0.5) is 0 Å². The average Bonchev–Trinajstić information content (AvgIpc) is 3.29. The maximum atomic E-state index is 5.51. The van der Waals surface area contributed by atoms with Gasteiger partial charge in [0.05, 0.1) is 7.11 Å². The van der Waals surface area contributed by atoms with Crippen molar-refractivity contribution in [1.29, 1.82) is 0 Å². The molecule has 0 bridgehead atoms. The number of rotatable bonds is 9. The van der Waals surface area contributed by atoms with Gasteiger partial charge in [-0.3, -0.25) is 4.90 Å². The second kappa shape index (κ2) is 7.65. The van der Waals surface area contributed by atoms with Crippen LogP contribution in [0.15, 0.2) is 18.2 Å². The summed E-state index contributed by atoms with van der Waals surface area (Å²) >= 11 is 0. The molecule has 0 heterocycles. The van der Waals surface area contributed by atoms with Crippen molar-refractivity contribution in [3.63, 3.8) is 0 Å². The molecule has 3 heteroatoms. The zero-order valence-corrected chi connectivity index (χ0v) is 13.1. The Morgan fingerprint density at radius 3 is 2.70 bits per heavy atom. The molecule has 1 aromatic carbocycles. The van der Waals surface area contributed by atoms with Gasteiger partial charge in [0.2, 0.25) is 0 Å². The summed E-state index contributed by atoms with van der Waals surface area (Å²) < 4.78 is 5.51. The van der Waals surface area contributed by atoms with Crippen LogP contribution in [0.5, 0.6) is 5.75 Å². The summed E-state index contributed by atoms with van der Waals surface area (Å²) in [6.07, 6.45) is 3.87. The minimum atomic E-state index is 0.757. The molecular formula is C17H28N2O. The van der Waals surface area contributed by atoms with Crippen LogP contribution >= 0.6 is 0 Å². The van der Waals surface area contributed by atoms with Crippen LogP contribution in [0.1, 0.15) is 44.2 Å². The summed E-state index contributed by atoms with van der Waals surface area (Å²) in [5.41, 5.74) is 2.66. The van der Waals surface area contributed by atoms with Crippen LogP contribution in [-0.2, 0) is 13.1 Å². The number of hydrogen-bond acceptors (Lipinski definition) is 3. The molecule has 0 atom stereocenters. The van der Waals surface area contributed by atoms with Gasteiger partial charge in [-0.2, -0.15) is 0 Å². The van der Waals surface area contributed by atoms with Gasteiger partial charge in [0.15, 0.2) is 0 Å². The fourth-order valence-electron chi connectivity index (χ4n) is 2.52. The lowest BCUT2D eigenvalue weighted by atomic mass is 10.1. The second-order valence-electron chi connectivity index (χ2n) is 5.67. The summed E-state index contributed by atoms with van der Waals surface area (Å²) in [5.74, 6) is 1.01. The van der Waals surface area contributed by atoms with Crippen molar-refractivity contribution in [3.05, 3.63) is 29.3 Å². The van der Waals surface area contributed by atoms with E-state index in [-0.39, 0.29) is 0 Å². The second-order valence-corrected chi connectivity index (χ2v) is 5.67. The van der Waals surface area contributed by atoms with E-state index in [0.29, 0.717) is 0 Å². The van der Waals surface area contributed by atoms with E-state index in [2.05, 4.69) is 42.3 Å². The lowest BCUT2D eigenvalue weighted by Crippen LogP contribution is -2.24. The van der Waals surface area contributed by atoms with E-state index in [1.165, 1.54) is 30.4 Å². The van der Waals surface area contributed by atoms with Gasteiger partial charge in [-0.15, -0.1) is 0 Å². The standard InChI is InChI=1S/C17H28N2O/c1-4-10-19(5-2)13-15-11-14(6-9-17(15)20-3)12-18-16-7-8-16/h6,9,11,16,18H,4-5,7-8,10,12-13H2,1-3H3. The lowest BCUT2D eigenvalue weighted by Gasteiger charge is -2.21. The van der Waals surface area contributed by atoms with E-state index in [1.54, 1.807) is 7.11 Å². The maximum absolute atomic E-state index is 5.51. The first-order chi connectivity index (χ1) is 9.76. The third-order valence-electron chi connectivity index (χ3n) is 3.90. The first kappa shape index (κ1) is 15.3. The Balaban J connectivity index is 2.03. The fourth-order valence-corrected chi connectivity index (χ4v) is 2.52. The number of ether oxygens (including phenoxy) is 1.